The van der Waals surface area contributed by atoms with Crippen LogP contribution in [0.4, 0.5) is 28.4 Å². The van der Waals surface area contributed by atoms with Crippen LogP contribution in [0, 0.1) is 0 Å². The van der Waals surface area contributed by atoms with Gasteiger partial charge in [0.15, 0.2) is 11.5 Å². The third kappa shape index (κ3) is 18.1. The zero-order valence-electron chi connectivity index (χ0n) is 36.4. The summed E-state index contributed by atoms with van der Waals surface area (Å²) < 4.78 is 25.5. The van der Waals surface area contributed by atoms with E-state index in [-0.39, 0.29) is 39.3 Å². The average Bonchev–Trinajstić information content (AvgIpc) is 3.25. The van der Waals surface area contributed by atoms with Crippen molar-refractivity contribution in [3.05, 3.63) is 119 Å². The van der Waals surface area contributed by atoms with Gasteiger partial charge in [0.25, 0.3) is 0 Å². The second-order valence-electron chi connectivity index (χ2n) is 12.6. The van der Waals surface area contributed by atoms with Crippen molar-refractivity contribution in [2.75, 3.05) is 62.2 Å². The quantitative estimate of drug-likeness (QED) is 0.0481. The summed E-state index contributed by atoms with van der Waals surface area (Å²) >= 11 is 0. The zero-order chi connectivity index (χ0) is 49.2. The fourth-order valence-corrected chi connectivity index (χ4v) is 5.00. The molecule has 0 aliphatic heterocycles. The van der Waals surface area contributed by atoms with Crippen molar-refractivity contribution in [1.29, 1.82) is 0 Å². The van der Waals surface area contributed by atoms with Gasteiger partial charge in [0.2, 0.25) is 0 Å². The van der Waals surface area contributed by atoms with Crippen LogP contribution in [0.1, 0.15) is 85.9 Å². The number of hydrogen-bond donors (Lipinski definition) is 10. The van der Waals surface area contributed by atoms with E-state index in [0.29, 0.717) is 72.1 Å². The summed E-state index contributed by atoms with van der Waals surface area (Å²) in [7, 11) is 1.41. The van der Waals surface area contributed by atoms with Crippen molar-refractivity contribution in [1.82, 2.24) is 0 Å². The maximum atomic E-state index is 10.8. The normalized spacial score (nSPS) is 9.62. The van der Waals surface area contributed by atoms with E-state index in [1.54, 1.807) is 63.2 Å². The van der Waals surface area contributed by atoms with E-state index in [1.165, 1.54) is 55.6 Å². The molecular weight excluding hydrogens is 851 g/mol. The van der Waals surface area contributed by atoms with Crippen LogP contribution >= 0.6 is 0 Å². The maximum Gasteiger partial charge on any atom is 0.339 e. The molecule has 0 aliphatic rings. The second kappa shape index (κ2) is 28.1. The molecule has 20 heteroatoms. The molecule has 5 aromatic carbocycles. The Balaban J connectivity index is 0.000000407. The summed E-state index contributed by atoms with van der Waals surface area (Å²) in [6, 6.07) is 22.8. The highest BCUT2D eigenvalue weighted by atomic mass is 16.5. The number of anilines is 5. The minimum Gasteiger partial charge on any atom is -0.496 e. The predicted molar refractivity (Wildman–Crippen MR) is 245 cm³/mol. The van der Waals surface area contributed by atoms with Crippen molar-refractivity contribution < 1.29 is 73.2 Å². The third-order valence-corrected chi connectivity index (χ3v) is 7.81. The Kier molecular flexibility index (Phi) is 23.6. The minimum absolute atomic E-state index is 0.0810. The highest BCUT2D eigenvalue weighted by Crippen LogP contribution is 2.28. The van der Waals surface area contributed by atoms with Gasteiger partial charge in [-0.1, -0.05) is 19.1 Å². The number of para-hydroxylation sites is 2. The first kappa shape index (κ1) is 54.5. The van der Waals surface area contributed by atoms with E-state index < -0.39 is 29.8 Å². The van der Waals surface area contributed by atoms with Crippen molar-refractivity contribution in [2.45, 2.75) is 34.1 Å². The highest BCUT2D eigenvalue weighted by Gasteiger charge is 2.15. The summed E-state index contributed by atoms with van der Waals surface area (Å²) in [6.07, 6.45) is 0.813. The van der Waals surface area contributed by atoms with Gasteiger partial charge in [-0.3, -0.25) is 0 Å². The summed E-state index contributed by atoms with van der Waals surface area (Å²) in [5.41, 5.74) is 30.1. The largest absolute Gasteiger partial charge is 0.496 e. The number of hydrogen-bond acceptors (Lipinski definition) is 15. The van der Waals surface area contributed by atoms with Crippen LogP contribution in [0.25, 0.3) is 0 Å². The first-order valence-corrected chi connectivity index (χ1v) is 19.4. The summed E-state index contributed by atoms with van der Waals surface area (Å²) in [5.74, 6) is -3.65. The van der Waals surface area contributed by atoms with Gasteiger partial charge in [0.1, 0.15) is 45.1 Å². The van der Waals surface area contributed by atoms with Gasteiger partial charge in [0, 0.05) is 23.1 Å². The molecule has 0 unspecified atom stereocenters. The number of ether oxygens (including phenoxy) is 5. The smallest absolute Gasteiger partial charge is 0.339 e. The van der Waals surface area contributed by atoms with E-state index in [4.69, 9.17) is 77.9 Å². The Labute approximate surface area is 374 Å². The molecule has 0 atom stereocenters. The van der Waals surface area contributed by atoms with Gasteiger partial charge in [-0.05, 0) is 100.0 Å². The molecule has 350 valence electrons. The highest BCUT2D eigenvalue weighted by molar-refractivity contribution is 5.94. The van der Waals surface area contributed by atoms with Crippen molar-refractivity contribution in [3.8, 4) is 28.7 Å². The van der Waals surface area contributed by atoms with Crippen LogP contribution in [0.5, 0.6) is 28.7 Å². The van der Waals surface area contributed by atoms with Gasteiger partial charge < -0.3 is 77.9 Å². The lowest BCUT2D eigenvalue weighted by Gasteiger charge is -2.10. The third-order valence-electron chi connectivity index (χ3n) is 7.81. The predicted octanol–water partition coefficient (Wildman–Crippen LogP) is 6.83. The van der Waals surface area contributed by atoms with E-state index in [9.17, 15) is 24.0 Å². The van der Waals surface area contributed by atoms with Gasteiger partial charge in [-0.2, -0.15) is 0 Å². The number of aromatic carboxylic acids is 5. The SMILES string of the molecule is CCCOc1c(N)cccc1C(=O)O.CCOc1c(N)cccc1C(=O)O.CCOc1cc(N)ccc1C(=O)O.CCOc1ccc(N)cc1C(=O)O.COc1ccc(N)cc1C(=O)O. The molecule has 15 N–H and O–H groups in total. The monoisotopic (exact) mass is 905 g/mol. The maximum absolute atomic E-state index is 10.8. The van der Waals surface area contributed by atoms with Gasteiger partial charge in [-0.15, -0.1) is 0 Å². The fraction of sp³-hybridized carbons (Fsp3) is 0.222. The summed E-state index contributed by atoms with van der Waals surface area (Å²) in [6.45, 7) is 9.02. The molecule has 5 aromatic rings. The number of methoxy groups -OCH3 is 1. The summed E-state index contributed by atoms with van der Waals surface area (Å²) in [4.78, 5) is 53.5. The minimum atomic E-state index is -1.04. The standard InChI is InChI=1S/C10H13NO3.3C9H11NO3.C8H9NO3/c1-2-6-14-9-7(10(12)13)4-3-5-8(9)11;1-2-13-8-4-3-6(10)5-7(8)9(11)12;1-2-13-8-5-6(10)3-4-7(8)9(11)12;1-2-13-8-6(9(11)12)4-3-5-7(8)10;1-12-7-3-2-5(9)4-6(7)8(10)11/h3-5H,2,6,11H2,1H3,(H,12,13);3*3-5H,2,10H2,1H3,(H,11,12);2-4H,9H2,1H3,(H,10,11). The van der Waals surface area contributed by atoms with Crippen LogP contribution in [0.15, 0.2) is 91.0 Å². The molecule has 0 spiro atoms. The number of carbonyl (C=O) groups is 5. The Bertz CT molecular complexity index is 2360. The molecular formula is C45H55N5O15. The fourth-order valence-electron chi connectivity index (χ4n) is 5.00. The van der Waals surface area contributed by atoms with Gasteiger partial charge in [-0.25, -0.2) is 24.0 Å². The molecule has 0 heterocycles. The van der Waals surface area contributed by atoms with Crippen LogP contribution < -0.4 is 52.4 Å². The van der Waals surface area contributed by atoms with Gasteiger partial charge in [0.05, 0.1) is 44.9 Å². The van der Waals surface area contributed by atoms with E-state index >= 15 is 0 Å². The van der Waals surface area contributed by atoms with E-state index in [1.807, 2.05) is 6.92 Å². The molecule has 0 fully saturated rings. The van der Waals surface area contributed by atoms with Crippen LogP contribution in [-0.4, -0.2) is 88.9 Å². The number of carboxylic acid groups (broad SMARTS) is 5. The Morgan fingerprint density at radius 2 is 0.815 bits per heavy atom. The van der Waals surface area contributed by atoms with Crippen molar-refractivity contribution in [3.63, 3.8) is 0 Å². The first-order valence-electron chi connectivity index (χ1n) is 19.4. The van der Waals surface area contributed by atoms with E-state index in [0.717, 1.165) is 6.42 Å². The van der Waals surface area contributed by atoms with Crippen LogP contribution in [0.3, 0.4) is 0 Å². The number of nitrogens with two attached hydrogens (primary N) is 5. The average molecular weight is 906 g/mol. The summed E-state index contributed by atoms with van der Waals surface area (Å²) in [5, 5.41) is 43.9. The lowest BCUT2D eigenvalue weighted by Crippen LogP contribution is -2.06. The Morgan fingerprint density at radius 3 is 1.23 bits per heavy atom. The molecule has 0 aromatic heterocycles. The zero-order valence-corrected chi connectivity index (χ0v) is 36.4. The molecule has 65 heavy (non-hydrogen) atoms. The molecule has 0 saturated carbocycles. The Morgan fingerprint density at radius 1 is 0.431 bits per heavy atom. The molecule has 0 aliphatic carbocycles. The van der Waals surface area contributed by atoms with Crippen molar-refractivity contribution >= 4 is 58.3 Å². The van der Waals surface area contributed by atoms with Crippen molar-refractivity contribution in [2.24, 2.45) is 0 Å². The topological polar surface area (TPSA) is 363 Å². The van der Waals surface area contributed by atoms with Gasteiger partial charge >= 0.3 is 29.8 Å². The number of rotatable bonds is 15. The number of carboxylic acids is 5. The molecule has 0 bridgehead atoms. The Hall–Kier alpha value is -8.55. The molecule has 0 radical (unpaired) electrons. The van der Waals surface area contributed by atoms with E-state index in [2.05, 4.69) is 0 Å². The number of nitrogen functional groups attached to an aromatic ring is 5. The lowest BCUT2D eigenvalue weighted by atomic mass is 10.2. The first-order chi connectivity index (χ1) is 30.8. The molecule has 0 amide bonds. The molecule has 5 rings (SSSR count). The lowest BCUT2D eigenvalue weighted by molar-refractivity contribution is 0.0681. The molecule has 20 nitrogen and oxygen atoms in total. The number of benzene rings is 5. The second-order valence-corrected chi connectivity index (χ2v) is 12.6. The van der Waals surface area contributed by atoms with Crippen LogP contribution in [-0.2, 0) is 0 Å². The van der Waals surface area contributed by atoms with Crippen LogP contribution in [0.2, 0.25) is 0 Å². The molecule has 0 saturated heterocycles.